The van der Waals surface area contributed by atoms with Crippen LogP contribution in [0.5, 0.6) is 0 Å². The molecule has 216 valence electrons. The van der Waals surface area contributed by atoms with Gasteiger partial charge in [-0.05, 0) is 42.7 Å². The molecule has 1 aliphatic carbocycles. The monoisotopic (exact) mass is 549 g/mol. The van der Waals surface area contributed by atoms with Gasteiger partial charge in [-0.25, -0.2) is 4.98 Å². The Balaban J connectivity index is 1.40. The molecule has 1 saturated carbocycles. The third-order valence-corrected chi connectivity index (χ3v) is 8.69. The van der Waals surface area contributed by atoms with E-state index < -0.39 is 24.3 Å². The first-order valence-corrected chi connectivity index (χ1v) is 14.9. The Morgan fingerprint density at radius 3 is 2.67 bits per heavy atom. The fourth-order valence-electron chi connectivity index (χ4n) is 6.60. The third-order valence-electron chi connectivity index (χ3n) is 8.69. The van der Waals surface area contributed by atoms with Gasteiger partial charge in [0.15, 0.2) is 0 Å². The van der Waals surface area contributed by atoms with Crippen molar-refractivity contribution in [1.82, 2.24) is 25.2 Å². The Hall–Kier alpha value is -3.17. The highest BCUT2D eigenvalue weighted by Crippen LogP contribution is 2.31. The van der Waals surface area contributed by atoms with Crippen LogP contribution in [0.15, 0.2) is 36.8 Å². The first-order chi connectivity index (χ1) is 19.3. The lowest BCUT2D eigenvalue weighted by Gasteiger charge is -2.37. The van der Waals surface area contributed by atoms with Crippen LogP contribution >= 0.6 is 0 Å². The molecule has 9 heteroatoms. The summed E-state index contributed by atoms with van der Waals surface area (Å²) in [6, 6.07) is 6.46. The van der Waals surface area contributed by atoms with Crippen LogP contribution in [-0.2, 0) is 17.6 Å². The van der Waals surface area contributed by atoms with Crippen molar-refractivity contribution in [3.05, 3.63) is 53.7 Å². The molecule has 2 amide bonds. The number of carbonyl (C=O) groups excluding carboxylic acids is 2. The lowest BCUT2D eigenvalue weighted by atomic mass is 9.82. The van der Waals surface area contributed by atoms with E-state index in [1.807, 2.05) is 38.1 Å². The van der Waals surface area contributed by atoms with Crippen LogP contribution < -0.4 is 5.32 Å². The normalized spacial score (nSPS) is 19.4. The number of H-pyrrole nitrogens is 2. The van der Waals surface area contributed by atoms with Gasteiger partial charge in [0.1, 0.15) is 17.8 Å². The number of aliphatic hydroxyl groups excluding tert-OH is 2. The lowest BCUT2D eigenvalue weighted by molar-refractivity contribution is -0.128. The smallest absolute Gasteiger partial charge is 0.271 e. The Bertz CT molecular complexity index is 1280. The van der Waals surface area contributed by atoms with Crippen LogP contribution in [0.25, 0.3) is 10.9 Å². The van der Waals surface area contributed by atoms with Crippen LogP contribution in [0.1, 0.15) is 80.5 Å². The number of aromatic nitrogens is 3. The van der Waals surface area contributed by atoms with Gasteiger partial charge < -0.3 is 30.4 Å². The molecule has 1 aliphatic heterocycles. The zero-order valence-corrected chi connectivity index (χ0v) is 23.6. The van der Waals surface area contributed by atoms with Crippen LogP contribution in [0.3, 0.4) is 0 Å². The fourth-order valence-corrected chi connectivity index (χ4v) is 6.60. The number of nitrogens with zero attached hydrogens (tertiary/aromatic N) is 2. The van der Waals surface area contributed by atoms with E-state index in [1.54, 1.807) is 17.4 Å². The largest absolute Gasteiger partial charge is 0.390 e. The summed E-state index contributed by atoms with van der Waals surface area (Å²) in [5, 5.41) is 26.2. The molecule has 9 nitrogen and oxygen atoms in total. The van der Waals surface area contributed by atoms with Gasteiger partial charge in [-0.2, -0.15) is 0 Å². The maximum atomic E-state index is 14.1. The number of benzene rings is 1. The van der Waals surface area contributed by atoms with Crippen molar-refractivity contribution in [2.75, 3.05) is 6.54 Å². The molecule has 5 N–H and O–H groups in total. The minimum atomic E-state index is -1.09. The van der Waals surface area contributed by atoms with E-state index in [4.69, 9.17) is 0 Å². The highest BCUT2D eigenvalue weighted by atomic mass is 16.3. The number of amides is 2. The Morgan fingerprint density at radius 1 is 1.18 bits per heavy atom. The number of hydrogen-bond acceptors (Lipinski definition) is 5. The number of aromatic amines is 2. The van der Waals surface area contributed by atoms with Crippen molar-refractivity contribution < 1.29 is 19.8 Å². The summed E-state index contributed by atoms with van der Waals surface area (Å²) in [6.07, 6.45) is 8.84. The Labute approximate surface area is 235 Å². The molecule has 2 aromatic heterocycles. The van der Waals surface area contributed by atoms with E-state index in [1.165, 1.54) is 6.42 Å². The summed E-state index contributed by atoms with van der Waals surface area (Å²) in [5.74, 6) is 0.0553. The van der Waals surface area contributed by atoms with Crippen molar-refractivity contribution in [3.63, 3.8) is 0 Å². The molecule has 0 radical (unpaired) electrons. The molecule has 4 atom stereocenters. The second kappa shape index (κ2) is 12.6. The van der Waals surface area contributed by atoms with Gasteiger partial charge in [-0.3, -0.25) is 9.59 Å². The number of carbonyl (C=O) groups is 2. The van der Waals surface area contributed by atoms with Gasteiger partial charge in [0, 0.05) is 30.1 Å². The average molecular weight is 550 g/mol. The third kappa shape index (κ3) is 6.25. The molecule has 1 aromatic carbocycles. The summed E-state index contributed by atoms with van der Waals surface area (Å²) in [5.41, 5.74) is 3.10. The van der Waals surface area contributed by atoms with Gasteiger partial charge in [-0.1, -0.05) is 64.2 Å². The molecule has 1 fully saturated rings. The second-order valence-electron chi connectivity index (χ2n) is 12.1. The highest BCUT2D eigenvalue weighted by Gasteiger charge is 2.39. The average Bonchev–Trinajstić information content (AvgIpc) is 3.60. The minimum Gasteiger partial charge on any atom is -0.390 e. The van der Waals surface area contributed by atoms with Crippen LogP contribution in [0, 0.1) is 11.8 Å². The van der Waals surface area contributed by atoms with Gasteiger partial charge >= 0.3 is 0 Å². The number of aliphatic hydroxyl groups is 2. The van der Waals surface area contributed by atoms with E-state index >= 15 is 0 Å². The number of para-hydroxylation sites is 1. The van der Waals surface area contributed by atoms with Crippen molar-refractivity contribution in [2.45, 2.75) is 95.9 Å². The number of hydrogen-bond donors (Lipinski definition) is 5. The maximum Gasteiger partial charge on any atom is 0.271 e. The SMILES string of the molecule is CC(C)CC(O)C(O)C(CC1CCCCC1)NC(=O)C(Cc1c[nH]cn1)N1CCc2c([nH]c3ccccc23)C1=O. The molecule has 5 rings (SSSR count). The van der Waals surface area contributed by atoms with Crippen molar-refractivity contribution in [2.24, 2.45) is 11.8 Å². The van der Waals surface area contributed by atoms with E-state index in [9.17, 15) is 19.8 Å². The van der Waals surface area contributed by atoms with E-state index in [2.05, 4.69) is 20.3 Å². The molecule has 40 heavy (non-hydrogen) atoms. The lowest BCUT2D eigenvalue weighted by Crippen LogP contribution is -2.58. The summed E-state index contributed by atoms with van der Waals surface area (Å²) in [6.45, 7) is 4.41. The zero-order chi connectivity index (χ0) is 28.2. The fraction of sp³-hybridized carbons (Fsp3) is 0.581. The number of fused-ring (bicyclic) bond motifs is 3. The van der Waals surface area contributed by atoms with E-state index in [0.717, 1.165) is 42.1 Å². The van der Waals surface area contributed by atoms with Crippen molar-refractivity contribution in [1.29, 1.82) is 0 Å². The standard InChI is InChI=1S/C31H43N5O4/c1-19(2)14-27(37)29(38)25(15-20-8-4-3-5-9-20)35-30(39)26(16-21-17-32-18-33-21)36-13-12-23-22-10-6-7-11-24(22)34-28(23)31(36)40/h6-7,10-11,17-20,25-27,29,34,37-38H,3-5,8-9,12-16H2,1-2H3,(H,32,33)(H,35,39). The molecule has 4 unspecified atom stereocenters. The number of imidazole rings is 1. The first-order valence-electron chi connectivity index (χ1n) is 14.9. The quantitative estimate of drug-likeness (QED) is 0.249. The Kier molecular flexibility index (Phi) is 8.90. The number of nitrogens with one attached hydrogen (secondary N) is 3. The first kappa shape index (κ1) is 28.4. The molecule has 3 heterocycles. The molecular formula is C31H43N5O4. The Morgan fingerprint density at radius 2 is 1.95 bits per heavy atom. The van der Waals surface area contributed by atoms with Gasteiger partial charge in [-0.15, -0.1) is 0 Å². The molecule has 2 aliphatic rings. The minimum absolute atomic E-state index is 0.208. The highest BCUT2D eigenvalue weighted by molar-refractivity contribution is 6.03. The molecule has 0 bridgehead atoms. The van der Waals surface area contributed by atoms with Crippen molar-refractivity contribution in [3.8, 4) is 0 Å². The van der Waals surface area contributed by atoms with Crippen LogP contribution in [0.2, 0.25) is 0 Å². The molecule has 3 aromatic rings. The maximum absolute atomic E-state index is 14.1. The van der Waals surface area contributed by atoms with Gasteiger partial charge in [0.05, 0.1) is 24.2 Å². The summed E-state index contributed by atoms with van der Waals surface area (Å²) < 4.78 is 0. The van der Waals surface area contributed by atoms with Crippen LogP contribution in [0.4, 0.5) is 0 Å². The predicted molar refractivity (Wildman–Crippen MR) is 154 cm³/mol. The molecule has 0 spiro atoms. The molecule has 0 saturated heterocycles. The topological polar surface area (TPSA) is 134 Å². The summed E-state index contributed by atoms with van der Waals surface area (Å²) in [7, 11) is 0. The number of rotatable bonds is 11. The predicted octanol–water partition coefficient (Wildman–Crippen LogP) is 3.72. The van der Waals surface area contributed by atoms with Gasteiger partial charge in [0.2, 0.25) is 5.91 Å². The van der Waals surface area contributed by atoms with E-state index in [-0.39, 0.29) is 24.2 Å². The van der Waals surface area contributed by atoms with Gasteiger partial charge in [0.25, 0.3) is 5.91 Å². The molecular weight excluding hydrogens is 506 g/mol. The van der Waals surface area contributed by atoms with Crippen molar-refractivity contribution >= 4 is 22.7 Å². The van der Waals surface area contributed by atoms with E-state index in [0.29, 0.717) is 43.1 Å². The summed E-state index contributed by atoms with van der Waals surface area (Å²) in [4.78, 5) is 40.1. The summed E-state index contributed by atoms with van der Waals surface area (Å²) >= 11 is 0. The van der Waals surface area contributed by atoms with Crippen LogP contribution in [-0.4, -0.2) is 72.7 Å². The second-order valence-corrected chi connectivity index (χ2v) is 12.1. The zero-order valence-electron chi connectivity index (χ0n) is 23.6.